The first-order valence-corrected chi connectivity index (χ1v) is 9.95. The zero-order chi connectivity index (χ0) is 21.7. The third-order valence-electron chi connectivity index (χ3n) is 4.92. The second-order valence-electron chi connectivity index (χ2n) is 7.03. The number of primary amides is 1. The van der Waals surface area contributed by atoms with Gasteiger partial charge in [-0.25, -0.2) is 19.0 Å². The number of carbonyl (C=O) groups excluding carboxylic acids is 1. The molecule has 1 aromatic carbocycles. The maximum Gasteiger partial charge on any atom is 0.316 e. The van der Waals surface area contributed by atoms with Gasteiger partial charge in [0.25, 0.3) is 0 Å². The molecule has 1 aliphatic carbocycles. The normalized spacial score (nSPS) is 14.7. The number of carbonyl (C=O) groups is 1. The zero-order valence-electron chi connectivity index (χ0n) is 17.6. The summed E-state index contributed by atoms with van der Waals surface area (Å²) >= 11 is 0. The van der Waals surface area contributed by atoms with E-state index in [1.807, 2.05) is 37.3 Å². The number of nitrogens with two attached hydrogens (primary N) is 2. The van der Waals surface area contributed by atoms with Crippen LogP contribution >= 0.6 is 0 Å². The highest BCUT2D eigenvalue weighted by Crippen LogP contribution is 2.24. The Bertz CT molecular complexity index is 1050. The van der Waals surface area contributed by atoms with Gasteiger partial charge in [0.05, 0.1) is 24.2 Å². The van der Waals surface area contributed by atoms with Crippen LogP contribution in [0.15, 0.2) is 59.4 Å². The Morgan fingerprint density at radius 3 is 2.53 bits per heavy atom. The maximum absolute atomic E-state index is 11.5. The van der Waals surface area contributed by atoms with Crippen LogP contribution in [0.3, 0.4) is 0 Å². The summed E-state index contributed by atoms with van der Waals surface area (Å²) in [6, 6.07) is 7.56. The first kappa shape index (κ1) is 21.0. The molecule has 0 aliphatic heterocycles. The quantitative estimate of drug-likeness (QED) is 0.506. The lowest BCUT2D eigenvalue weighted by atomic mass is 10.1. The minimum absolute atomic E-state index is 0.452. The van der Waals surface area contributed by atoms with Gasteiger partial charge in [-0.05, 0) is 32.4 Å². The van der Waals surface area contributed by atoms with Crippen molar-refractivity contribution in [2.75, 3.05) is 18.8 Å². The lowest BCUT2D eigenvalue weighted by Gasteiger charge is -2.12. The van der Waals surface area contributed by atoms with Crippen molar-refractivity contribution in [3.8, 4) is 0 Å². The van der Waals surface area contributed by atoms with Gasteiger partial charge in [0.15, 0.2) is 0 Å². The van der Waals surface area contributed by atoms with Gasteiger partial charge in [-0.15, -0.1) is 0 Å². The number of amides is 2. The molecule has 0 saturated carbocycles. The number of hydrogen-bond acceptors (Lipinski definition) is 4. The Balaban J connectivity index is 1.91. The van der Waals surface area contributed by atoms with Crippen LogP contribution in [0.2, 0.25) is 0 Å². The Hall–Kier alpha value is -3.68. The fourth-order valence-corrected chi connectivity index (χ4v) is 3.23. The molecular formula is C22H28N7O+. The molecule has 8 nitrogen and oxygen atoms in total. The maximum atomic E-state index is 11.5. The largest absolute Gasteiger partial charge is 0.382 e. The Labute approximate surface area is 176 Å². The zero-order valence-corrected chi connectivity index (χ0v) is 17.6. The van der Waals surface area contributed by atoms with E-state index in [0.29, 0.717) is 29.5 Å². The smallest absolute Gasteiger partial charge is 0.316 e. The van der Waals surface area contributed by atoms with Crippen LogP contribution in [0, 0.1) is 6.92 Å². The fourth-order valence-electron chi connectivity index (χ4n) is 3.23. The fraction of sp³-hybridized carbons (Fsp3) is 0.273. The lowest BCUT2D eigenvalue weighted by molar-refractivity contribution is -0.519. The summed E-state index contributed by atoms with van der Waals surface area (Å²) in [5, 5.41) is 7.03. The van der Waals surface area contributed by atoms with Gasteiger partial charge < -0.3 is 16.8 Å². The molecule has 1 heterocycles. The SMILES string of the molecule is CC[N+](CC)=C1C=C/C(=N/c2cnn(Cc3ccc(C)cc3)c2N)C(NC(N)=O)=C1. The molecule has 2 aromatic rings. The van der Waals surface area contributed by atoms with Gasteiger partial charge in [0, 0.05) is 12.2 Å². The second-order valence-corrected chi connectivity index (χ2v) is 7.03. The Morgan fingerprint density at radius 1 is 1.20 bits per heavy atom. The number of aliphatic imine (C=N–C) groups is 1. The van der Waals surface area contributed by atoms with Gasteiger partial charge in [-0.2, -0.15) is 5.10 Å². The van der Waals surface area contributed by atoms with Crippen LogP contribution in [-0.4, -0.2) is 44.9 Å². The molecule has 0 spiro atoms. The molecule has 5 N–H and O–H groups in total. The minimum Gasteiger partial charge on any atom is -0.382 e. The highest BCUT2D eigenvalue weighted by atomic mass is 16.2. The predicted octanol–water partition coefficient (Wildman–Crippen LogP) is 2.51. The van der Waals surface area contributed by atoms with E-state index < -0.39 is 6.03 Å². The van der Waals surface area contributed by atoms with E-state index >= 15 is 0 Å². The molecule has 0 fully saturated rings. The Morgan fingerprint density at radius 2 is 1.90 bits per heavy atom. The molecule has 0 saturated heterocycles. The minimum atomic E-state index is -0.647. The molecule has 1 aromatic heterocycles. The van der Waals surface area contributed by atoms with Crippen molar-refractivity contribution in [1.82, 2.24) is 15.1 Å². The van der Waals surface area contributed by atoms with Gasteiger partial charge in [0.2, 0.25) is 5.71 Å². The number of hydrogen-bond donors (Lipinski definition) is 3. The number of nitrogens with zero attached hydrogens (tertiary/aromatic N) is 4. The highest BCUT2D eigenvalue weighted by molar-refractivity contribution is 6.21. The van der Waals surface area contributed by atoms with E-state index in [0.717, 1.165) is 24.4 Å². The molecule has 0 atom stereocenters. The summed E-state index contributed by atoms with van der Waals surface area (Å²) in [6.07, 6.45) is 7.29. The van der Waals surface area contributed by atoms with E-state index in [1.165, 1.54) is 5.56 Å². The van der Waals surface area contributed by atoms with Crippen molar-refractivity contribution in [2.24, 2.45) is 10.7 Å². The summed E-state index contributed by atoms with van der Waals surface area (Å²) in [4.78, 5) is 16.1. The number of benzene rings is 1. The van der Waals surface area contributed by atoms with Crippen LogP contribution in [0.25, 0.3) is 0 Å². The number of aryl methyl sites for hydroxylation is 1. The topological polar surface area (TPSA) is 114 Å². The van der Waals surface area contributed by atoms with Crippen molar-refractivity contribution < 1.29 is 9.37 Å². The van der Waals surface area contributed by atoms with Crippen LogP contribution in [0.1, 0.15) is 25.0 Å². The number of aromatic nitrogens is 2. The van der Waals surface area contributed by atoms with Crippen molar-refractivity contribution >= 4 is 29.0 Å². The number of anilines is 1. The van der Waals surface area contributed by atoms with E-state index in [4.69, 9.17) is 11.5 Å². The standard InChI is InChI=1S/C22H27N7O/c1-4-28(5-2)17-10-11-18(19(12-17)27-22(24)30)26-20-13-25-29(21(20)23)14-16-8-6-15(3)7-9-16/h6-13H,4-5,14H2,1-3H3,(H4,23,24,25,27,30)/p+1. The number of nitrogens with one attached hydrogen (secondary N) is 1. The highest BCUT2D eigenvalue weighted by Gasteiger charge is 2.18. The molecule has 0 unspecified atom stereocenters. The van der Waals surface area contributed by atoms with Crippen molar-refractivity contribution in [1.29, 1.82) is 0 Å². The summed E-state index contributed by atoms with van der Waals surface area (Å²) in [5.41, 5.74) is 16.5. The summed E-state index contributed by atoms with van der Waals surface area (Å²) in [7, 11) is 0. The third kappa shape index (κ3) is 4.83. The number of urea groups is 1. The molecule has 30 heavy (non-hydrogen) atoms. The first-order valence-electron chi connectivity index (χ1n) is 9.95. The lowest BCUT2D eigenvalue weighted by Crippen LogP contribution is -2.34. The molecule has 3 rings (SSSR count). The second kappa shape index (κ2) is 9.21. The number of allylic oxidation sites excluding steroid dienone is 3. The first-order chi connectivity index (χ1) is 14.4. The molecule has 0 radical (unpaired) electrons. The van der Waals surface area contributed by atoms with Crippen molar-refractivity contribution in [2.45, 2.75) is 27.3 Å². The van der Waals surface area contributed by atoms with Gasteiger partial charge in [-0.3, -0.25) is 0 Å². The monoisotopic (exact) mass is 406 g/mol. The van der Waals surface area contributed by atoms with Crippen LogP contribution in [-0.2, 0) is 6.54 Å². The summed E-state index contributed by atoms with van der Waals surface area (Å²) in [5.74, 6) is 0.452. The van der Waals surface area contributed by atoms with E-state index in [9.17, 15) is 4.79 Å². The van der Waals surface area contributed by atoms with Crippen LogP contribution in [0.4, 0.5) is 16.3 Å². The molecule has 1 aliphatic rings. The number of rotatable bonds is 6. The molecular weight excluding hydrogens is 378 g/mol. The van der Waals surface area contributed by atoms with Crippen molar-refractivity contribution in [3.63, 3.8) is 0 Å². The molecule has 8 heteroatoms. The Kier molecular flexibility index (Phi) is 6.46. The van der Waals surface area contributed by atoms with Crippen LogP contribution in [0.5, 0.6) is 0 Å². The number of nitrogen functional groups attached to an aromatic ring is 1. The van der Waals surface area contributed by atoms with Gasteiger partial charge in [-0.1, -0.05) is 29.8 Å². The van der Waals surface area contributed by atoms with E-state index in [1.54, 1.807) is 10.9 Å². The van der Waals surface area contributed by atoms with Crippen molar-refractivity contribution in [3.05, 3.63) is 65.5 Å². The predicted molar refractivity (Wildman–Crippen MR) is 120 cm³/mol. The molecule has 156 valence electrons. The van der Waals surface area contributed by atoms with E-state index in [-0.39, 0.29) is 0 Å². The molecule has 2 amide bonds. The van der Waals surface area contributed by atoms with Gasteiger partial charge in [0.1, 0.15) is 24.6 Å². The average Bonchev–Trinajstić information content (AvgIpc) is 3.05. The summed E-state index contributed by atoms with van der Waals surface area (Å²) < 4.78 is 3.87. The summed E-state index contributed by atoms with van der Waals surface area (Å²) in [6.45, 7) is 8.45. The molecule has 0 bridgehead atoms. The van der Waals surface area contributed by atoms with Gasteiger partial charge >= 0.3 is 6.03 Å². The average molecular weight is 407 g/mol. The third-order valence-corrected chi connectivity index (χ3v) is 4.92. The van der Waals surface area contributed by atoms with Crippen LogP contribution < -0.4 is 16.8 Å². The van der Waals surface area contributed by atoms with E-state index in [2.05, 4.69) is 46.0 Å².